The number of H-pyrrole nitrogens is 1. The molecule has 188 valence electrons. The highest BCUT2D eigenvalue weighted by Gasteiger charge is 2.29. The van der Waals surface area contributed by atoms with Gasteiger partial charge in [0.2, 0.25) is 11.8 Å². The summed E-state index contributed by atoms with van der Waals surface area (Å²) in [6, 6.07) is 6.99. The Bertz CT molecular complexity index is 1430. The van der Waals surface area contributed by atoms with Crippen molar-refractivity contribution in [3.8, 4) is 11.4 Å². The molecule has 1 fully saturated rings. The fourth-order valence-electron chi connectivity index (χ4n) is 4.71. The number of pyridine rings is 2. The number of aryl methyl sites for hydroxylation is 1. The molecule has 0 aromatic carbocycles. The Kier molecular flexibility index (Phi) is 6.55. The highest BCUT2D eigenvalue weighted by Crippen LogP contribution is 2.31. The van der Waals surface area contributed by atoms with E-state index in [1.54, 1.807) is 13.4 Å². The molecule has 0 unspecified atom stereocenters. The number of hydrogen-bond donors (Lipinski definition) is 4. The molecule has 2 amide bonds. The molecule has 4 aromatic heterocycles. The number of carbonyl (C=O) groups is 2. The van der Waals surface area contributed by atoms with E-state index in [1.807, 2.05) is 42.9 Å². The molecular weight excluding hydrogens is 460 g/mol. The van der Waals surface area contributed by atoms with E-state index < -0.39 is 6.04 Å². The third-order valence-electron chi connectivity index (χ3n) is 6.55. The highest BCUT2D eigenvalue weighted by atomic mass is 16.5. The van der Waals surface area contributed by atoms with Gasteiger partial charge in [-0.25, -0.2) is 15.0 Å². The van der Waals surface area contributed by atoms with Crippen molar-refractivity contribution in [3.63, 3.8) is 0 Å². The van der Waals surface area contributed by atoms with Crippen LogP contribution in [0.5, 0.6) is 0 Å². The summed E-state index contributed by atoms with van der Waals surface area (Å²) in [6.07, 6.45) is 4.06. The Morgan fingerprint density at radius 1 is 1.33 bits per heavy atom. The number of nitrogens with zero attached hydrogens (tertiary/aromatic N) is 4. The number of ether oxygens (including phenoxy) is 1. The zero-order valence-corrected chi connectivity index (χ0v) is 20.6. The van der Waals surface area contributed by atoms with Gasteiger partial charge in [0.05, 0.1) is 35.0 Å². The van der Waals surface area contributed by atoms with E-state index in [2.05, 4.69) is 25.9 Å². The van der Waals surface area contributed by atoms with E-state index in [0.29, 0.717) is 31.7 Å². The van der Waals surface area contributed by atoms with Crippen molar-refractivity contribution < 1.29 is 14.3 Å². The van der Waals surface area contributed by atoms with Crippen LogP contribution in [0.3, 0.4) is 0 Å². The van der Waals surface area contributed by atoms with E-state index in [4.69, 9.17) is 14.7 Å². The predicted octanol–water partition coefficient (Wildman–Crippen LogP) is 2.42. The maximum atomic E-state index is 12.9. The first-order valence-corrected chi connectivity index (χ1v) is 12.1. The van der Waals surface area contributed by atoms with Gasteiger partial charge in [0.25, 0.3) is 0 Å². The van der Waals surface area contributed by atoms with Crippen molar-refractivity contribution >= 4 is 39.7 Å². The van der Waals surface area contributed by atoms with Gasteiger partial charge in [0.15, 0.2) is 5.82 Å². The first-order chi connectivity index (χ1) is 17.5. The number of nitrogens with one attached hydrogen (secondary N) is 4. The summed E-state index contributed by atoms with van der Waals surface area (Å²) in [5.74, 6) is 0.416. The van der Waals surface area contributed by atoms with E-state index in [-0.39, 0.29) is 17.9 Å². The van der Waals surface area contributed by atoms with Crippen LogP contribution in [-0.4, -0.2) is 63.1 Å². The molecule has 11 heteroatoms. The number of fused-ring (bicyclic) bond motifs is 3. The van der Waals surface area contributed by atoms with Crippen LogP contribution in [0.1, 0.15) is 37.4 Å². The first-order valence-electron chi connectivity index (χ1n) is 12.1. The van der Waals surface area contributed by atoms with E-state index in [9.17, 15) is 9.59 Å². The fraction of sp³-hybridized carbons (Fsp3) is 0.400. The van der Waals surface area contributed by atoms with Gasteiger partial charge >= 0.3 is 0 Å². The molecule has 1 aliphatic rings. The summed E-state index contributed by atoms with van der Waals surface area (Å²) < 4.78 is 7.19. The molecule has 0 spiro atoms. The number of aromatic amines is 1. The Balaban J connectivity index is 1.48. The zero-order chi connectivity index (χ0) is 25.2. The average molecular weight is 491 g/mol. The third kappa shape index (κ3) is 4.49. The fourth-order valence-corrected chi connectivity index (χ4v) is 4.71. The summed E-state index contributed by atoms with van der Waals surface area (Å²) in [7, 11) is 5.44. The molecule has 5 rings (SSSR count). The maximum absolute atomic E-state index is 12.9. The summed E-state index contributed by atoms with van der Waals surface area (Å²) in [5, 5.41) is 9.89. The van der Waals surface area contributed by atoms with E-state index in [0.717, 1.165) is 45.6 Å². The van der Waals surface area contributed by atoms with Gasteiger partial charge in [-0.15, -0.1) is 0 Å². The maximum Gasteiger partial charge on any atom is 0.243 e. The van der Waals surface area contributed by atoms with Crippen LogP contribution in [0.2, 0.25) is 0 Å². The molecule has 2 atom stereocenters. The lowest BCUT2D eigenvalue weighted by atomic mass is 10.1. The number of aromatic nitrogens is 5. The predicted molar refractivity (Wildman–Crippen MR) is 136 cm³/mol. The summed E-state index contributed by atoms with van der Waals surface area (Å²) in [5.41, 5.74) is 4.83. The number of amides is 2. The molecule has 11 nitrogen and oxygen atoms in total. The standard InChI is InChI=1S/C25H30N8O3/c1-26-24-21-22(33(2)13-27-21)14-12-19(30-23(14)32-24)17-7-4-6-15(28-17)16(8-5-11-36-3)31-25(35)18-9-10-20(34)29-18/h4,6-7,12-13,16,18H,5,8-11H2,1-3H3,(H,29,34)(H,31,35)(H2,26,30,32)/t16-,18-/m0/s1. The van der Waals surface area contributed by atoms with Crippen LogP contribution in [0.25, 0.3) is 33.5 Å². The lowest BCUT2D eigenvalue weighted by molar-refractivity contribution is -0.126. The molecule has 0 radical (unpaired) electrons. The number of rotatable bonds is 9. The Labute approximate surface area is 208 Å². The Morgan fingerprint density at radius 3 is 2.94 bits per heavy atom. The van der Waals surface area contributed by atoms with Crippen LogP contribution in [0, 0.1) is 0 Å². The van der Waals surface area contributed by atoms with E-state index in [1.165, 1.54) is 0 Å². The normalized spacial score (nSPS) is 16.4. The van der Waals surface area contributed by atoms with Gasteiger partial charge in [0.1, 0.15) is 17.2 Å². The van der Waals surface area contributed by atoms with Crippen molar-refractivity contribution in [2.45, 2.75) is 37.8 Å². The zero-order valence-electron chi connectivity index (χ0n) is 20.6. The number of carbonyl (C=O) groups excluding carboxylic acids is 2. The smallest absolute Gasteiger partial charge is 0.243 e. The van der Waals surface area contributed by atoms with Gasteiger partial charge in [-0.05, 0) is 37.5 Å². The minimum absolute atomic E-state index is 0.0948. The molecule has 5 heterocycles. The van der Waals surface area contributed by atoms with Crippen LogP contribution < -0.4 is 16.0 Å². The summed E-state index contributed by atoms with van der Waals surface area (Å²) >= 11 is 0. The second-order valence-electron chi connectivity index (χ2n) is 9.01. The largest absolute Gasteiger partial charge is 0.385 e. The quantitative estimate of drug-likeness (QED) is 0.264. The van der Waals surface area contributed by atoms with Crippen molar-refractivity contribution in [3.05, 3.63) is 36.3 Å². The molecule has 1 aliphatic heterocycles. The second-order valence-corrected chi connectivity index (χ2v) is 9.01. The number of imidazole rings is 1. The van der Waals surface area contributed by atoms with Crippen molar-refractivity contribution in [1.82, 2.24) is 35.1 Å². The highest BCUT2D eigenvalue weighted by molar-refractivity contribution is 6.07. The third-order valence-corrected chi connectivity index (χ3v) is 6.55. The molecule has 0 bridgehead atoms. The van der Waals surface area contributed by atoms with Crippen LogP contribution >= 0.6 is 0 Å². The lowest BCUT2D eigenvalue weighted by Gasteiger charge is -2.21. The van der Waals surface area contributed by atoms with Gasteiger partial charge in [-0.2, -0.15) is 0 Å². The van der Waals surface area contributed by atoms with Crippen molar-refractivity contribution in [2.75, 3.05) is 26.1 Å². The summed E-state index contributed by atoms with van der Waals surface area (Å²) in [6.45, 7) is 0.578. The lowest BCUT2D eigenvalue weighted by Crippen LogP contribution is -2.43. The molecule has 1 saturated heterocycles. The molecular formula is C25H30N8O3. The SMILES string of the molecule is CNc1nc2[nH]c(-c3cccc([C@H](CCCOC)NC(=O)[C@@H]4CCC(=O)N4)n3)cc2c2c1ncn2C. The molecule has 36 heavy (non-hydrogen) atoms. The first kappa shape index (κ1) is 23.7. The van der Waals surface area contributed by atoms with Crippen LogP contribution in [0.4, 0.5) is 5.82 Å². The number of hydrogen-bond acceptors (Lipinski definition) is 7. The van der Waals surface area contributed by atoms with Gasteiger partial charge in [0, 0.05) is 39.6 Å². The molecule has 4 N–H and O–H groups in total. The molecule has 0 aliphatic carbocycles. The topological polar surface area (TPSA) is 139 Å². The van der Waals surface area contributed by atoms with Crippen LogP contribution in [0.15, 0.2) is 30.6 Å². The van der Waals surface area contributed by atoms with Gasteiger partial charge in [-0.1, -0.05) is 6.07 Å². The van der Waals surface area contributed by atoms with E-state index >= 15 is 0 Å². The average Bonchev–Trinajstić information content (AvgIpc) is 3.61. The Morgan fingerprint density at radius 2 is 2.19 bits per heavy atom. The monoisotopic (exact) mass is 490 g/mol. The minimum Gasteiger partial charge on any atom is -0.385 e. The Hall–Kier alpha value is -3.99. The molecule has 4 aromatic rings. The van der Waals surface area contributed by atoms with Crippen molar-refractivity contribution in [1.29, 1.82) is 0 Å². The number of anilines is 1. The van der Waals surface area contributed by atoms with Gasteiger partial charge < -0.3 is 30.2 Å². The van der Waals surface area contributed by atoms with Gasteiger partial charge in [-0.3, -0.25) is 9.59 Å². The van der Waals surface area contributed by atoms with Crippen LogP contribution in [-0.2, 0) is 21.4 Å². The minimum atomic E-state index is -0.506. The number of methoxy groups -OCH3 is 1. The summed E-state index contributed by atoms with van der Waals surface area (Å²) in [4.78, 5) is 41.9. The second kappa shape index (κ2) is 9.94. The molecule has 0 saturated carbocycles. The van der Waals surface area contributed by atoms with Crippen molar-refractivity contribution in [2.24, 2.45) is 7.05 Å².